The number of hydrogen-bond acceptors (Lipinski definition) is 7. The Hall–Kier alpha value is -4.45. The summed E-state index contributed by atoms with van der Waals surface area (Å²) < 4.78 is 42.5. The number of aromatic nitrogens is 3. The minimum absolute atomic E-state index is 0.0465. The summed E-state index contributed by atoms with van der Waals surface area (Å²) in [7, 11) is 0. The fourth-order valence-corrected chi connectivity index (χ4v) is 4.70. The first-order valence-electron chi connectivity index (χ1n) is 12.2. The fourth-order valence-electron chi connectivity index (χ4n) is 4.50. The zero-order valence-electron chi connectivity index (χ0n) is 20.8. The number of nitrogens with one attached hydrogen (secondary N) is 1. The molecule has 40 heavy (non-hydrogen) atoms. The maximum Gasteiger partial charge on any atom is 0.323 e. The molecule has 0 spiro atoms. The summed E-state index contributed by atoms with van der Waals surface area (Å²) in [6.45, 7) is 0.204. The molecule has 2 N–H and O–H groups in total. The number of aliphatic carboxylic acids is 1. The van der Waals surface area contributed by atoms with Gasteiger partial charge in [-0.1, -0.05) is 35.9 Å². The van der Waals surface area contributed by atoms with Crippen LogP contribution in [0.3, 0.4) is 0 Å². The van der Waals surface area contributed by atoms with E-state index in [4.69, 9.17) is 16.7 Å². The second-order valence-electron chi connectivity index (χ2n) is 9.09. The van der Waals surface area contributed by atoms with Gasteiger partial charge in [-0.05, 0) is 23.8 Å². The molecule has 0 bridgehead atoms. The number of pyridine rings is 1. The lowest BCUT2D eigenvalue weighted by Crippen LogP contribution is -2.52. The first-order chi connectivity index (χ1) is 19.2. The minimum Gasteiger partial charge on any atom is -0.480 e. The van der Waals surface area contributed by atoms with Gasteiger partial charge in [0.25, 0.3) is 6.43 Å². The van der Waals surface area contributed by atoms with Crippen molar-refractivity contribution in [2.45, 2.75) is 12.5 Å². The van der Waals surface area contributed by atoms with Crippen LogP contribution in [0.2, 0.25) is 5.02 Å². The van der Waals surface area contributed by atoms with Crippen LogP contribution >= 0.6 is 11.6 Å². The van der Waals surface area contributed by atoms with Crippen LogP contribution < -0.4 is 10.2 Å². The molecule has 0 unspecified atom stereocenters. The number of anilines is 2. The molecule has 3 heterocycles. The quantitative estimate of drug-likeness (QED) is 0.315. The monoisotopic (exact) mass is 570 g/mol. The van der Waals surface area contributed by atoms with Crippen LogP contribution in [0.5, 0.6) is 0 Å². The van der Waals surface area contributed by atoms with Crippen molar-refractivity contribution in [1.82, 2.24) is 19.9 Å². The van der Waals surface area contributed by atoms with E-state index in [2.05, 4.69) is 20.3 Å². The molecule has 2 aromatic carbocycles. The van der Waals surface area contributed by atoms with E-state index in [0.717, 1.165) is 6.07 Å². The standard InChI is InChI=1S/C27H22ClF3N6O3/c28-19-12-32-21-6-5-15(9-18(21)24(19)35-25(26(30)31)17-3-1-2-4-20(17)29)16-10-33-27(34-11-16)37-8-7-36(14-23(39)40)22(38)13-37/h1-6,9-12,25-26H,7-8,13-14H2,(H,32,35)(H,39,40)/t25-/m0/s1. The molecule has 1 saturated heterocycles. The molecule has 1 fully saturated rings. The summed E-state index contributed by atoms with van der Waals surface area (Å²) in [5.41, 5.74) is 1.71. The largest absolute Gasteiger partial charge is 0.480 e. The zero-order valence-corrected chi connectivity index (χ0v) is 21.5. The second kappa shape index (κ2) is 11.3. The van der Waals surface area contributed by atoms with Gasteiger partial charge in [0.2, 0.25) is 11.9 Å². The van der Waals surface area contributed by atoms with Gasteiger partial charge < -0.3 is 20.2 Å². The summed E-state index contributed by atoms with van der Waals surface area (Å²) in [5, 5.41) is 12.2. The smallest absolute Gasteiger partial charge is 0.323 e. The number of nitrogens with zero attached hydrogens (tertiary/aromatic N) is 5. The second-order valence-corrected chi connectivity index (χ2v) is 9.50. The number of rotatable bonds is 8. The molecule has 206 valence electrons. The lowest BCUT2D eigenvalue weighted by atomic mass is 10.0. The van der Waals surface area contributed by atoms with Crippen LogP contribution in [0.4, 0.5) is 24.8 Å². The molecule has 9 nitrogen and oxygen atoms in total. The molecular formula is C27H22ClF3N6O3. The first kappa shape index (κ1) is 27.1. The van der Waals surface area contributed by atoms with E-state index in [1.165, 1.54) is 29.3 Å². The highest BCUT2D eigenvalue weighted by Crippen LogP contribution is 2.37. The van der Waals surface area contributed by atoms with Crippen molar-refractivity contribution < 1.29 is 27.9 Å². The van der Waals surface area contributed by atoms with Crippen molar-refractivity contribution in [3.05, 3.63) is 77.5 Å². The van der Waals surface area contributed by atoms with Crippen LogP contribution in [0.15, 0.2) is 61.1 Å². The topological polar surface area (TPSA) is 112 Å². The molecule has 4 aromatic rings. The highest BCUT2D eigenvalue weighted by atomic mass is 35.5. The van der Waals surface area contributed by atoms with E-state index in [1.54, 1.807) is 35.5 Å². The summed E-state index contributed by atoms with van der Waals surface area (Å²) in [6.07, 6.45) is 1.53. The third-order valence-electron chi connectivity index (χ3n) is 6.51. The van der Waals surface area contributed by atoms with Crippen molar-refractivity contribution in [2.24, 2.45) is 0 Å². The van der Waals surface area contributed by atoms with Gasteiger partial charge in [0.05, 0.1) is 16.2 Å². The first-order valence-corrected chi connectivity index (χ1v) is 12.5. The molecular weight excluding hydrogens is 549 g/mol. The highest BCUT2D eigenvalue weighted by molar-refractivity contribution is 6.34. The van der Waals surface area contributed by atoms with E-state index in [-0.39, 0.29) is 41.8 Å². The van der Waals surface area contributed by atoms with Gasteiger partial charge in [0.1, 0.15) is 24.9 Å². The number of carbonyl (C=O) groups excluding carboxylic acids is 1. The van der Waals surface area contributed by atoms with Gasteiger partial charge in [-0.25, -0.2) is 23.1 Å². The Morgan fingerprint density at radius 2 is 1.80 bits per heavy atom. The van der Waals surface area contributed by atoms with Crippen LogP contribution in [0.1, 0.15) is 11.6 Å². The molecule has 1 amide bonds. The fraction of sp³-hybridized carbons (Fsp3) is 0.222. The third kappa shape index (κ3) is 5.62. The zero-order chi connectivity index (χ0) is 28.4. The van der Waals surface area contributed by atoms with Gasteiger partial charge >= 0.3 is 5.97 Å². The Labute approximate surface area is 231 Å². The van der Waals surface area contributed by atoms with Gasteiger partial charge in [0, 0.05) is 48.2 Å². The number of hydrogen-bond donors (Lipinski definition) is 2. The van der Waals surface area contributed by atoms with Gasteiger partial charge in [0.15, 0.2) is 0 Å². The van der Waals surface area contributed by atoms with Crippen molar-refractivity contribution >= 4 is 46.0 Å². The average molecular weight is 571 g/mol. The molecule has 13 heteroatoms. The third-order valence-corrected chi connectivity index (χ3v) is 6.80. The predicted octanol–water partition coefficient (Wildman–Crippen LogP) is 4.64. The Morgan fingerprint density at radius 1 is 1.05 bits per heavy atom. The Morgan fingerprint density at radius 3 is 2.48 bits per heavy atom. The summed E-state index contributed by atoms with van der Waals surface area (Å²) in [4.78, 5) is 39.2. The molecule has 0 radical (unpaired) electrons. The number of benzene rings is 2. The highest BCUT2D eigenvalue weighted by Gasteiger charge is 2.28. The van der Waals surface area contributed by atoms with Crippen molar-refractivity contribution in [2.75, 3.05) is 36.4 Å². The lowest BCUT2D eigenvalue weighted by Gasteiger charge is -2.33. The van der Waals surface area contributed by atoms with E-state index in [9.17, 15) is 22.8 Å². The summed E-state index contributed by atoms with van der Waals surface area (Å²) in [6, 6.07) is 8.82. The average Bonchev–Trinajstić information content (AvgIpc) is 2.94. The number of alkyl halides is 2. The number of carbonyl (C=O) groups is 2. The van der Waals surface area contributed by atoms with E-state index in [1.807, 2.05) is 0 Å². The summed E-state index contributed by atoms with van der Waals surface area (Å²) >= 11 is 6.38. The van der Waals surface area contributed by atoms with Crippen LogP contribution in [0, 0.1) is 5.82 Å². The Kier molecular flexibility index (Phi) is 7.69. The molecule has 5 rings (SSSR count). The van der Waals surface area contributed by atoms with Crippen LogP contribution in [-0.4, -0.2) is 69.4 Å². The Bertz CT molecular complexity index is 1570. The number of carboxylic acids is 1. The minimum atomic E-state index is -2.93. The van der Waals surface area contributed by atoms with Crippen molar-refractivity contribution in [3.63, 3.8) is 0 Å². The number of piperazine rings is 1. The number of amides is 1. The van der Waals surface area contributed by atoms with Crippen LogP contribution in [-0.2, 0) is 9.59 Å². The van der Waals surface area contributed by atoms with Crippen molar-refractivity contribution in [1.29, 1.82) is 0 Å². The van der Waals surface area contributed by atoms with E-state index < -0.39 is 24.3 Å². The number of fused-ring (bicyclic) bond motifs is 1. The molecule has 1 atom stereocenters. The van der Waals surface area contributed by atoms with Crippen LogP contribution in [0.25, 0.3) is 22.0 Å². The predicted molar refractivity (Wildman–Crippen MR) is 143 cm³/mol. The normalized spacial score (nSPS) is 14.6. The van der Waals surface area contributed by atoms with Gasteiger partial charge in [-0.3, -0.25) is 14.6 Å². The van der Waals surface area contributed by atoms with Gasteiger partial charge in [-0.15, -0.1) is 0 Å². The maximum absolute atomic E-state index is 14.4. The molecule has 0 aliphatic carbocycles. The van der Waals surface area contributed by atoms with E-state index in [0.29, 0.717) is 34.5 Å². The Balaban J connectivity index is 1.42. The molecule has 2 aromatic heterocycles. The molecule has 0 saturated carbocycles. The SMILES string of the molecule is O=C(O)CN1CCN(c2ncc(-c3ccc4ncc(Cl)c(N[C@@H](c5ccccc5F)C(F)F)c4c3)cn2)CC1=O. The maximum atomic E-state index is 14.4. The van der Waals surface area contributed by atoms with Gasteiger partial charge in [-0.2, -0.15) is 0 Å². The van der Waals surface area contributed by atoms with E-state index >= 15 is 0 Å². The van der Waals surface area contributed by atoms with Crippen molar-refractivity contribution in [3.8, 4) is 11.1 Å². The number of carboxylic acid groups (broad SMARTS) is 1. The lowest BCUT2D eigenvalue weighted by molar-refractivity contribution is -0.144. The molecule has 1 aliphatic rings. The molecule has 1 aliphatic heterocycles. The summed E-state index contributed by atoms with van der Waals surface area (Å²) in [5.74, 6) is -1.87. The number of halogens is 4.